The fourth-order valence-corrected chi connectivity index (χ4v) is 6.51. The minimum Gasteiger partial charge on any atom is -0.290 e. The number of rotatable bonds is 1. The van der Waals surface area contributed by atoms with Crippen LogP contribution in [0, 0.1) is 5.92 Å². The summed E-state index contributed by atoms with van der Waals surface area (Å²) in [6.45, 7) is 0. The van der Waals surface area contributed by atoms with E-state index in [1.54, 1.807) is 11.1 Å². The molecule has 2 saturated carbocycles. The number of thioether (sulfide) groups is 1. The van der Waals surface area contributed by atoms with E-state index in [2.05, 4.69) is 36.4 Å². The molecule has 1 aromatic rings. The highest BCUT2D eigenvalue weighted by atomic mass is 32.2. The quantitative estimate of drug-likeness (QED) is 0.565. The smallest absolute Gasteiger partial charge is 0.0632 e. The topological polar surface area (TPSA) is 3.01 Å². The van der Waals surface area contributed by atoms with Gasteiger partial charge in [0.05, 0.1) is 5.54 Å². The molecule has 3 aliphatic carbocycles. The van der Waals surface area contributed by atoms with Gasteiger partial charge in [-0.3, -0.25) is 4.90 Å². The Morgan fingerprint density at radius 3 is 3.00 bits per heavy atom. The molecule has 1 saturated heterocycles. The number of hydrogen-bond acceptors (Lipinski definition) is 2. The van der Waals surface area contributed by atoms with Gasteiger partial charge in [-0.25, -0.2) is 0 Å². The lowest BCUT2D eigenvalue weighted by molar-refractivity contribution is 0.172. The molecule has 4 aliphatic rings. The molecule has 3 fully saturated rings. The molecule has 0 N–H and O–H groups in total. The molecule has 0 amide bonds. The van der Waals surface area contributed by atoms with E-state index in [0.29, 0.717) is 11.0 Å². The van der Waals surface area contributed by atoms with Gasteiger partial charge >= 0.3 is 0 Å². The maximum absolute atomic E-state index is 2.69. The van der Waals surface area contributed by atoms with E-state index >= 15 is 0 Å². The lowest BCUT2D eigenvalue weighted by atomic mass is 9.63. The zero-order valence-corrected chi connectivity index (χ0v) is 12.6. The van der Waals surface area contributed by atoms with Gasteiger partial charge in [-0.1, -0.05) is 18.9 Å². The number of benzene rings is 1. The van der Waals surface area contributed by atoms with Crippen molar-refractivity contribution in [3.05, 3.63) is 29.3 Å². The second-order valence-corrected chi connectivity index (χ2v) is 7.96. The van der Waals surface area contributed by atoms with Gasteiger partial charge in [0.1, 0.15) is 0 Å². The van der Waals surface area contributed by atoms with Crippen molar-refractivity contribution in [3.63, 3.8) is 0 Å². The molecule has 2 heteroatoms. The molecule has 19 heavy (non-hydrogen) atoms. The first kappa shape index (κ1) is 11.2. The highest BCUT2D eigenvalue weighted by Gasteiger charge is 2.79. The second kappa shape index (κ2) is 3.23. The van der Waals surface area contributed by atoms with Gasteiger partial charge in [0.25, 0.3) is 0 Å². The minimum absolute atomic E-state index is 0.460. The number of piperidine rings is 1. The SMILES string of the molecule is CSc1ccc2c(c1)[C@]13CCCC[C@@H]1[C@H]1N(C)C21C3. The Balaban J connectivity index is 1.76. The van der Waals surface area contributed by atoms with Crippen LogP contribution in [0.5, 0.6) is 0 Å². The van der Waals surface area contributed by atoms with Crippen LogP contribution in [0.1, 0.15) is 43.2 Å². The molecule has 0 aromatic heterocycles. The fourth-order valence-electron chi connectivity index (χ4n) is 6.07. The Morgan fingerprint density at radius 1 is 1.26 bits per heavy atom. The summed E-state index contributed by atoms with van der Waals surface area (Å²) in [6.07, 6.45) is 9.47. The van der Waals surface area contributed by atoms with Crippen molar-refractivity contribution in [1.82, 2.24) is 4.90 Å². The summed E-state index contributed by atoms with van der Waals surface area (Å²) >= 11 is 1.90. The first-order chi connectivity index (χ1) is 9.24. The van der Waals surface area contributed by atoms with Gasteiger partial charge in [0.2, 0.25) is 0 Å². The zero-order valence-electron chi connectivity index (χ0n) is 11.8. The number of likely N-dealkylation sites (N-methyl/N-ethyl adjacent to an activating group) is 1. The lowest BCUT2D eigenvalue weighted by Gasteiger charge is -2.41. The van der Waals surface area contributed by atoms with Crippen molar-refractivity contribution >= 4 is 11.8 Å². The van der Waals surface area contributed by atoms with Gasteiger partial charge in [-0.15, -0.1) is 11.8 Å². The molecule has 1 aromatic carbocycles. The average Bonchev–Trinajstić information content (AvgIpc) is 2.82. The lowest BCUT2D eigenvalue weighted by Crippen LogP contribution is -2.38. The zero-order chi connectivity index (χ0) is 12.8. The van der Waals surface area contributed by atoms with E-state index in [1.165, 1.54) is 37.0 Å². The Bertz CT molecular complexity index is 583. The van der Waals surface area contributed by atoms with Crippen LogP contribution in [0.4, 0.5) is 0 Å². The summed E-state index contributed by atoms with van der Waals surface area (Å²) in [6, 6.07) is 8.21. The van der Waals surface area contributed by atoms with Crippen LogP contribution >= 0.6 is 11.8 Å². The van der Waals surface area contributed by atoms with Crippen LogP contribution in [-0.4, -0.2) is 24.2 Å². The minimum atomic E-state index is 0.460. The van der Waals surface area contributed by atoms with E-state index in [1.807, 2.05) is 11.8 Å². The third-order valence-corrected chi connectivity index (χ3v) is 7.49. The molecule has 1 nitrogen and oxygen atoms in total. The average molecular weight is 271 g/mol. The second-order valence-electron chi connectivity index (χ2n) is 7.08. The summed E-state index contributed by atoms with van der Waals surface area (Å²) < 4.78 is 0. The van der Waals surface area contributed by atoms with E-state index in [0.717, 1.165) is 12.0 Å². The Hall–Kier alpha value is -0.470. The Labute approximate surface area is 119 Å². The summed E-state index contributed by atoms with van der Waals surface area (Å²) in [4.78, 5) is 4.15. The molecule has 5 atom stereocenters. The highest BCUT2D eigenvalue weighted by Crippen LogP contribution is 2.77. The van der Waals surface area contributed by atoms with Gasteiger partial charge in [0, 0.05) is 16.4 Å². The van der Waals surface area contributed by atoms with Crippen LogP contribution < -0.4 is 0 Å². The van der Waals surface area contributed by atoms with Gasteiger partial charge in [-0.05, 0) is 61.7 Å². The van der Waals surface area contributed by atoms with Crippen molar-refractivity contribution in [1.29, 1.82) is 0 Å². The maximum Gasteiger partial charge on any atom is 0.0632 e. The van der Waals surface area contributed by atoms with Gasteiger partial charge in [-0.2, -0.15) is 0 Å². The molecule has 1 aliphatic heterocycles. The molecule has 5 rings (SSSR count). The van der Waals surface area contributed by atoms with E-state index in [9.17, 15) is 0 Å². The number of likely N-dealkylation sites (tertiary alicyclic amines) is 1. The molecule has 1 heterocycles. The molecular weight excluding hydrogens is 250 g/mol. The molecule has 2 spiro atoms. The van der Waals surface area contributed by atoms with E-state index in [-0.39, 0.29) is 0 Å². The number of hydrogen-bond donors (Lipinski definition) is 0. The first-order valence-corrected chi connectivity index (χ1v) is 8.88. The first-order valence-electron chi connectivity index (χ1n) is 7.66. The highest BCUT2D eigenvalue weighted by molar-refractivity contribution is 7.98. The molecule has 2 unspecified atom stereocenters. The summed E-state index contributed by atoms with van der Waals surface area (Å²) in [5, 5.41) is 0. The molecular formula is C17H21NS. The largest absolute Gasteiger partial charge is 0.290 e. The summed E-state index contributed by atoms with van der Waals surface area (Å²) in [5.74, 6) is 0.954. The third kappa shape index (κ3) is 1.02. The molecule has 0 radical (unpaired) electrons. The van der Waals surface area contributed by atoms with Crippen molar-refractivity contribution in [2.75, 3.05) is 13.3 Å². The van der Waals surface area contributed by atoms with E-state index < -0.39 is 0 Å². The third-order valence-electron chi connectivity index (χ3n) is 6.76. The van der Waals surface area contributed by atoms with Crippen LogP contribution in [-0.2, 0) is 11.0 Å². The summed E-state index contributed by atoms with van der Waals surface area (Å²) in [5.41, 5.74) is 4.46. The Kier molecular flexibility index (Phi) is 1.90. The van der Waals surface area contributed by atoms with Crippen LogP contribution in [0.25, 0.3) is 0 Å². The molecule has 100 valence electrons. The standard InChI is InChI=1S/C17H21NS/c1-18-15-13-5-3-4-8-16(13)10-17(15,18)12-7-6-11(19-2)9-14(12)16/h6-7,9,13,15H,3-5,8,10H2,1-2H3/t13-,15-,16+,17?,18?/m1/s1. The number of fused-ring (bicyclic) bond motifs is 2. The molecule has 2 bridgehead atoms. The van der Waals surface area contributed by atoms with Gasteiger partial charge < -0.3 is 0 Å². The van der Waals surface area contributed by atoms with Crippen LogP contribution in [0.15, 0.2) is 23.1 Å². The van der Waals surface area contributed by atoms with Crippen LogP contribution in [0.2, 0.25) is 0 Å². The predicted octanol–water partition coefficient (Wildman–Crippen LogP) is 3.76. The van der Waals surface area contributed by atoms with Crippen molar-refractivity contribution in [2.45, 2.75) is 54.0 Å². The predicted molar refractivity (Wildman–Crippen MR) is 79.7 cm³/mol. The summed E-state index contributed by atoms with van der Waals surface area (Å²) in [7, 11) is 2.36. The van der Waals surface area contributed by atoms with Crippen molar-refractivity contribution in [3.8, 4) is 0 Å². The van der Waals surface area contributed by atoms with Crippen molar-refractivity contribution in [2.24, 2.45) is 5.92 Å². The van der Waals surface area contributed by atoms with E-state index in [4.69, 9.17) is 0 Å². The number of nitrogens with zero attached hydrogens (tertiary/aromatic N) is 1. The van der Waals surface area contributed by atoms with Gasteiger partial charge in [0.15, 0.2) is 0 Å². The maximum atomic E-state index is 2.69. The van der Waals surface area contributed by atoms with Crippen molar-refractivity contribution < 1.29 is 0 Å². The monoisotopic (exact) mass is 271 g/mol. The normalized spacial score (nSPS) is 48.6. The fraction of sp³-hybridized carbons (Fsp3) is 0.647. The van der Waals surface area contributed by atoms with Crippen LogP contribution in [0.3, 0.4) is 0 Å². The Morgan fingerprint density at radius 2 is 2.16 bits per heavy atom.